The van der Waals surface area contributed by atoms with Crippen LogP contribution in [-0.4, -0.2) is 0 Å². The first-order valence-corrected chi connectivity index (χ1v) is 17.0. The summed E-state index contributed by atoms with van der Waals surface area (Å²) in [4.78, 5) is 0. The summed E-state index contributed by atoms with van der Waals surface area (Å²) in [6.45, 7) is 56.0. The summed E-state index contributed by atoms with van der Waals surface area (Å²) in [5.74, 6) is 0. The fraction of sp³-hybridized carbons (Fsp3) is 0.721. The summed E-state index contributed by atoms with van der Waals surface area (Å²) < 4.78 is 0. The van der Waals surface area contributed by atoms with Crippen LogP contribution in [0.1, 0.15) is 209 Å². The van der Waals surface area contributed by atoms with Crippen LogP contribution >= 0.6 is 0 Å². The van der Waals surface area contributed by atoms with E-state index in [2.05, 4.69) is 177 Å². The molecule has 0 heteroatoms. The fourth-order valence-electron chi connectivity index (χ4n) is 7.45. The van der Waals surface area contributed by atoms with Crippen molar-refractivity contribution in [2.45, 2.75) is 203 Å². The normalized spacial score (nSPS) is 14.9. The van der Waals surface area contributed by atoms with Gasteiger partial charge in [0.15, 0.2) is 0 Å². The summed E-state index contributed by atoms with van der Waals surface area (Å²) in [6.07, 6.45) is 0. The van der Waals surface area contributed by atoms with E-state index in [0.717, 1.165) is 0 Å². The smallest absolute Gasteiger partial charge is 0.0158 e. The lowest BCUT2D eigenvalue weighted by molar-refractivity contribution is 0.452. The molecule has 2 aromatic rings. The first-order chi connectivity index (χ1) is 18.6. The zero-order valence-electron chi connectivity index (χ0n) is 33.2. The molecule has 0 atom stereocenters. The first kappa shape index (κ1) is 37.6. The Hall–Kier alpha value is -1.56. The van der Waals surface area contributed by atoms with Crippen molar-refractivity contribution in [2.75, 3.05) is 0 Å². The van der Waals surface area contributed by atoms with Crippen LogP contribution < -0.4 is 0 Å². The van der Waals surface area contributed by atoms with E-state index < -0.39 is 0 Å². The van der Waals surface area contributed by atoms with Gasteiger partial charge in [-0.2, -0.15) is 0 Å². The largest absolute Gasteiger partial charge is 0.0579 e. The standard InChI is InChI=1S/C43H72/c1-36(2,3)27-24-25-28(37(4,5)6)34(31(27)40(13,14)15)43(22,23)35-32(41(16,17)18)29(38(7,8)9)26-30(39(10,11)12)33(35)42(19,20)21/h24-26H,1-23H3. The highest BCUT2D eigenvalue weighted by molar-refractivity contribution is 5.64. The van der Waals surface area contributed by atoms with Gasteiger partial charge in [-0.3, -0.25) is 0 Å². The Labute approximate surface area is 270 Å². The Morgan fingerprint density at radius 3 is 0.721 bits per heavy atom. The van der Waals surface area contributed by atoms with Crippen molar-refractivity contribution in [1.29, 1.82) is 0 Å². The van der Waals surface area contributed by atoms with Crippen LogP contribution in [0.15, 0.2) is 18.2 Å². The molecule has 0 aliphatic carbocycles. The zero-order chi connectivity index (χ0) is 34.3. The number of hydrogen-bond donors (Lipinski definition) is 0. The Morgan fingerprint density at radius 2 is 0.488 bits per heavy atom. The summed E-state index contributed by atoms with van der Waals surface area (Å²) >= 11 is 0. The number of benzene rings is 2. The maximum atomic E-state index is 2.61. The molecule has 0 bridgehead atoms. The molecule has 2 aromatic carbocycles. The van der Waals surface area contributed by atoms with E-state index in [-0.39, 0.29) is 43.3 Å². The average molecular weight is 589 g/mol. The number of hydrogen-bond acceptors (Lipinski definition) is 0. The second-order valence-electron chi connectivity index (χ2n) is 21.4. The third-order valence-electron chi connectivity index (χ3n) is 9.26. The Balaban J connectivity index is 3.65. The van der Waals surface area contributed by atoms with Gasteiger partial charge in [-0.25, -0.2) is 0 Å². The fourth-order valence-corrected chi connectivity index (χ4v) is 7.45. The van der Waals surface area contributed by atoms with Crippen LogP contribution in [0.4, 0.5) is 0 Å². The molecule has 2 rings (SSSR count). The minimum absolute atomic E-state index is 0.00129. The van der Waals surface area contributed by atoms with Crippen molar-refractivity contribution in [2.24, 2.45) is 0 Å². The van der Waals surface area contributed by atoms with Gasteiger partial charge in [0, 0.05) is 5.41 Å². The molecule has 0 spiro atoms. The molecule has 0 fully saturated rings. The van der Waals surface area contributed by atoms with Crippen LogP contribution in [0.5, 0.6) is 0 Å². The van der Waals surface area contributed by atoms with Crippen LogP contribution in [0.25, 0.3) is 0 Å². The monoisotopic (exact) mass is 589 g/mol. The van der Waals surface area contributed by atoms with Gasteiger partial charge in [0.25, 0.3) is 0 Å². The predicted octanol–water partition coefficient (Wildman–Crippen LogP) is 13.1. The molecule has 0 aliphatic heterocycles. The highest BCUT2D eigenvalue weighted by Crippen LogP contribution is 2.54. The highest BCUT2D eigenvalue weighted by atomic mass is 14.5. The van der Waals surface area contributed by atoms with Crippen LogP contribution in [-0.2, 0) is 43.3 Å². The van der Waals surface area contributed by atoms with Gasteiger partial charge in [0.05, 0.1) is 0 Å². The molecular formula is C43H72. The third-order valence-corrected chi connectivity index (χ3v) is 9.26. The van der Waals surface area contributed by atoms with Crippen molar-refractivity contribution in [3.05, 3.63) is 68.3 Å². The average Bonchev–Trinajstić information content (AvgIpc) is 2.72. The van der Waals surface area contributed by atoms with Crippen molar-refractivity contribution in [3.63, 3.8) is 0 Å². The van der Waals surface area contributed by atoms with Gasteiger partial charge in [-0.05, 0) is 88.0 Å². The first-order valence-electron chi connectivity index (χ1n) is 17.0. The molecule has 0 nitrogen and oxygen atoms in total. The van der Waals surface area contributed by atoms with E-state index in [4.69, 9.17) is 0 Å². The van der Waals surface area contributed by atoms with E-state index in [1.807, 2.05) is 0 Å². The molecule has 0 amide bonds. The van der Waals surface area contributed by atoms with E-state index >= 15 is 0 Å². The molecule has 0 saturated heterocycles. The van der Waals surface area contributed by atoms with Crippen LogP contribution in [0.2, 0.25) is 0 Å². The summed E-state index contributed by atoms with van der Waals surface area (Å²) in [5.41, 5.74) is 13.4. The van der Waals surface area contributed by atoms with E-state index in [0.29, 0.717) is 0 Å². The van der Waals surface area contributed by atoms with E-state index in [1.165, 1.54) is 27.8 Å². The predicted molar refractivity (Wildman–Crippen MR) is 196 cm³/mol. The molecule has 0 heterocycles. The van der Waals surface area contributed by atoms with Gasteiger partial charge >= 0.3 is 0 Å². The van der Waals surface area contributed by atoms with E-state index in [1.54, 1.807) is 22.3 Å². The molecule has 0 unspecified atom stereocenters. The molecule has 0 N–H and O–H groups in total. The van der Waals surface area contributed by atoms with Crippen molar-refractivity contribution >= 4 is 0 Å². The summed E-state index contributed by atoms with van der Waals surface area (Å²) in [6, 6.07) is 7.56. The van der Waals surface area contributed by atoms with Gasteiger partial charge in [-0.1, -0.05) is 177 Å². The minimum atomic E-state index is -0.251. The lowest BCUT2D eigenvalue weighted by Crippen LogP contribution is -2.39. The second-order valence-corrected chi connectivity index (χ2v) is 21.4. The van der Waals surface area contributed by atoms with E-state index in [9.17, 15) is 0 Å². The Bertz CT molecular complexity index is 1270. The molecule has 244 valence electrons. The third kappa shape index (κ3) is 7.47. The summed E-state index contributed by atoms with van der Waals surface area (Å²) in [7, 11) is 0. The SMILES string of the molecule is CC(C)(C)c1ccc(C(C)(C)C)c(C(C)(C)c2c(C(C)(C)C)c(C(C)(C)C)cc(C(C)(C)C)c2C(C)(C)C)c1C(C)(C)C. The Morgan fingerprint density at radius 1 is 0.256 bits per heavy atom. The van der Waals surface area contributed by atoms with Crippen molar-refractivity contribution in [1.82, 2.24) is 0 Å². The number of rotatable bonds is 2. The molecule has 0 aliphatic rings. The topological polar surface area (TPSA) is 0 Å². The molecule has 43 heavy (non-hydrogen) atoms. The molecule has 0 aromatic heterocycles. The lowest BCUT2D eigenvalue weighted by Gasteiger charge is -2.48. The Kier molecular flexibility index (Phi) is 9.42. The van der Waals surface area contributed by atoms with Crippen molar-refractivity contribution in [3.8, 4) is 0 Å². The van der Waals surface area contributed by atoms with Gasteiger partial charge in [0.2, 0.25) is 0 Å². The van der Waals surface area contributed by atoms with Crippen LogP contribution in [0, 0.1) is 0 Å². The lowest BCUT2D eigenvalue weighted by atomic mass is 9.56. The maximum Gasteiger partial charge on any atom is 0.0158 e. The van der Waals surface area contributed by atoms with Crippen molar-refractivity contribution < 1.29 is 0 Å². The molecule has 0 radical (unpaired) electrons. The van der Waals surface area contributed by atoms with Gasteiger partial charge in [-0.15, -0.1) is 0 Å². The zero-order valence-corrected chi connectivity index (χ0v) is 33.2. The second kappa shape index (κ2) is 10.8. The molecule has 0 saturated carbocycles. The van der Waals surface area contributed by atoms with Gasteiger partial charge < -0.3 is 0 Å². The minimum Gasteiger partial charge on any atom is -0.0579 e. The maximum absolute atomic E-state index is 2.61. The van der Waals surface area contributed by atoms with Gasteiger partial charge in [0.1, 0.15) is 0 Å². The summed E-state index contributed by atoms with van der Waals surface area (Å²) in [5, 5.41) is 0. The highest BCUT2D eigenvalue weighted by Gasteiger charge is 2.45. The molecular weight excluding hydrogens is 516 g/mol. The quantitative estimate of drug-likeness (QED) is 0.327. The van der Waals surface area contributed by atoms with Crippen LogP contribution in [0.3, 0.4) is 0 Å².